The van der Waals surface area contributed by atoms with Crippen molar-refractivity contribution in [2.75, 3.05) is 6.61 Å². The first-order valence-electron chi connectivity index (χ1n) is 6.67. The van der Waals surface area contributed by atoms with Crippen LogP contribution in [0.3, 0.4) is 0 Å². The lowest BCUT2D eigenvalue weighted by atomic mass is 10.1. The van der Waals surface area contributed by atoms with Crippen LogP contribution in [0.2, 0.25) is 0 Å². The van der Waals surface area contributed by atoms with Crippen LogP contribution in [0.5, 0.6) is 0 Å². The van der Waals surface area contributed by atoms with E-state index in [1.165, 1.54) is 0 Å². The highest BCUT2D eigenvalue weighted by molar-refractivity contribution is 5.95. The molecule has 0 saturated heterocycles. The number of amides is 1. The Morgan fingerprint density at radius 1 is 1.35 bits per heavy atom. The minimum absolute atomic E-state index is 0.0993. The molecule has 0 heterocycles. The molecule has 2 atom stereocenters. The highest BCUT2D eigenvalue weighted by Crippen LogP contribution is 2.32. The second-order valence-corrected chi connectivity index (χ2v) is 5.17. The summed E-state index contributed by atoms with van der Waals surface area (Å²) < 4.78 is 38.4. The van der Waals surface area contributed by atoms with Crippen LogP contribution < -0.4 is 5.32 Å². The predicted molar refractivity (Wildman–Crippen MR) is 73.7 cm³/mol. The number of nitrogens with zero attached hydrogens (tertiary/aromatic N) is 1. The Hall–Kier alpha value is -2.42. The molecule has 23 heavy (non-hydrogen) atoms. The fraction of sp³-hybridized carbons (Fsp3) is 0.357. The molecule has 1 aliphatic carbocycles. The highest BCUT2D eigenvalue weighted by Gasteiger charge is 2.33. The third-order valence-electron chi connectivity index (χ3n) is 3.44. The maximum atomic E-state index is 12.8. The summed E-state index contributed by atoms with van der Waals surface area (Å²) in [6.07, 6.45) is -1.06. The molecule has 6 nitrogen and oxygen atoms in total. The summed E-state index contributed by atoms with van der Waals surface area (Å²) in [7, 11) is 0. The van der Waals surface area contributed by atoms with Gasteiger partial charge in [0, 0.05) is 36.3 Å². The molecular weight excluding hydrogens is 317 g/mol. The van der Waals surface area contributed by atoms with Crippen molar-refractivity contribution in [1.29, 1.82) is 0 Å². The molecule has 9 heteroatoms. The number of carbonyl (C=O) groups excluding carboxylic acids is 1. The van der Waals surface area contributed by atoms with E-state index in [-0.39, 0.29) is 12.5 Å². The molecule has 0 fully saturated rings. The SMILES string of the molecule is O=C(N[C@@H]1C=C[C@H](CO)C1)c1cc([N+](=O)[O-])cc(C(F)(F)F)c1. The van der Waals surface area contributed by atoms with Gasteiger partial charge in [-0.1, -0.05) is 12.2 Å². The molecule has 1 amide bonds. The Bertz CT molecular complexity index is 658. The Labute approximate surface area is 128 Å². The summed E-state index contributed by atoms with van der Waals surface area (Å²) >= 11 is 0. The van der Waals surface area contributed by atoms with E-state index < -0.39 is 39.9 Å². The average Bonchev–Trinajstić information content (AvgIpc) is 2.93. The minimum Gasteiger partial charge on any atom is -0.396 e. The first-order valence-corrected chi connectivity index (χ1v) is 6.67. The zero-order chi connectivity index (χ0) is 17.2. The van der Waals surface area contributed by atoms with E-state index in [0.29, 0.717) is 18.6 Å². The van der Waals surface area contributed by atoms with Crippen LogP contribution in [0, 0.1) is 16.0 Å². The molecule has 0 bridgehead atoms. The Morgan fingerprint density at radius 2 is 2.04 bits per heavy atom. The molecule has 0 unspecified atom stereocenters. The predicted octanol–water partition coefficient (Wildman–Crippen LogP) is 2.28. The van der Waals surface area contributed by atoms with Gasteiger partial charge in [-0.05, 0) is 12.5 Å². The number of nitro benzene ring substituents is 1. The number of non-ortho nitro benzene ring substituents is 1. The van der Waals surface area contributed by atoms with Crippen molar-refractivity contribution in [3.63, 3.8) is 0 Å². The van der Waals surface area contributed by atoms with Crippen molar-refractivity contribution >= 4 is 11.6 Å². The number of hydrogen-bond acceptors (Lipinski definition) is 4. The lowest BCUT2D eigenvalue weighted by Gasteiger charge is -2.14. The molecule has 0 aromatic heterocycles. The van der Waals surface area contributed by atoms with Gasteiger partial charge >= 0.3 is 6.18 Å². The fourth-order valence-electron chi connectivity index (χ4n) is 2.28. The molecule has 2 N–H and O–H groups in total. The van der Waals surface area contributed by atoms with E-state index in [4.69, 9.17) is 5.11 Å². The van der Waals surface area contributed by atoms with Crippen LogP contribution in [0.25, 0.3) is 0 Å². The van der Waals surface area contributed by atoms with E-state index in [1.54, 1.807) is 12.2 Å². The summed E-state index contributed by atoms with van der Waals surface area (Å²) in [5.74, 6) is -0.969. The maximum absolute atomic E-state index is 12.8. The van der Waals surface area contributed by atoms with Crippen LogP contribution >= 0.6 is 0 Å². The van der Waals surface area contributed by atoms with Gasteiger partial charge in [0.25, 0.3) is 11.6 Å². The largest absolute Gasteiger partial charge is 0.416 e. The normalized spacial score (nSPS) is 20.5. The smallest absolute Gasteiger partial charge is 0.396 e. The summed E-state index contributed by atoms with van der Waals surface area (Å²) in [6, 6.07) is 1.32. The fourth-order valence-corrected chi connectivity index (χ4v) is 2.28. The standard InChI is InChI=1S/C14H13F3N2O4/c15-14(16,17)10-4-9(5-12(6-10)19(22)23)13(21)18-11-2-1-8(3-11)7-20/h1-2,4-6,8,11,20H,3,7H2,(H,18,21)/t8-,11+/m0/s1. The average molecular weight is 330 g/mol. The molecule has 0 spiro atoms. The minimum atomic E-state index is -4.80. The molecule has 0 saturated carbocycles. The molecule has 1 aliphatic rings. The molecule has 1 aromatic rings. The van der Waals surface area contributed by atoms with Crippen molar-refractivity contribution in [3.8, 4) is 0 Å². The zero-order valence-electron chi connectivity index (χ0n) is 11.7. The third-order valence-corrected chi connectivity index (χ3v) is 3.44. The number of nitrogens with one attached hydrogen (secondary N) is 1. The number of benzene rings is 1. The number of rotatable bonds is 4. The lowest BCUT2D eigenvalue weighted by molar-refractivity contribution is -0.385. The van der Waals surface area contributed by atoms with E-state index in [9.17, 15) is 28.1 Å². The third kappa shape index (κ3) is 4.07. The van der Waals surface area contributed by atoms with E-state index in [0.717, 1.165) is 6.07 Å². The second kappa shape index (κ2) is 6.37. The van der Waals surface area contributed by atoms with Crippen molar-refractivity contribution in [2.24, 2.45) is 5.92 Å². The van der Waals surface area contributed by atoms with Crippen LogP contribution in [0.15, 0.2) is 30.4 Å². The van der Waals surface area contributed by atoms with Gasteiger partial charge < -0.3 is 10.4 Å². The van der Waals surface area contributed by atoms with Gasteiger partial charge in [-0.25, -0.2) is 0 Å². The van der Waals surface area contributed by atoms with Crippen molar-refractivity contribution < 1.29 is 28.0 Å². The maximum Gasteiger partial charge on any atom is 0.416 e. The Kier molecular flexibility index (Phi) is 4.69. The number of aliphatic hydroxyl groups excluding tert-OH is 1. The number of carbonyl (C=O) groups is 1. The summed E-state index contributed by atoms with van der Waals surface area (Å²) in [4.78, 5) is 21.8. The Morgan fingerprint density at radius 3 is 2.57 bits per heavy atom. The van der Waals surface area contributed by atoms with Gasteiger partial charge in [0.2, 0.25) is 0 Å². The van der Waals surface area contributed by atoms with Gasteiger partial charge in [0.1, 0.15) is 0 Å². The van der Waals surface area contributed by atoms with Crippen LogP contribution in [0.4, 0.5) is 18.9 Å². The summed E-state index contributed by atoms with van der Waals surface area (Å²) in [5, 5.41) is 22.2. The molecule has 2 rings (SSSR count). The molecule has 0 radical (unpaired) electrons. The number of alkyl halides is 3. The lowest BCUT2D eigenvalue weighted by Crippen LogP contribution is -2.33. The van der Waals surface area contributed by atoms with E-state index in [2.05, 4.69) is 5.32 Å². The van der Waals surface area contributed by atoms with Gasteiger partial charge in [0.05, 0.1) is 10.5 Å². The molecule has 1 aromatic carbocycles. The number of halogens is 3. The van der Waals surface area contributed by atoms with Crippen LogP contribution in [-0.4, -0.2) is 28.6 Å². The summed E-state index contributed by atoms with van der Waals surface area (Å²) in [6.45, 7) is -0.0993. The number of nitro groups is 1. The first kappa shape index (κ1) is 16.9. The van der Waals surface area contributed by atoms with Crippen molar-refractivity contribution in [2.45, 2.75) is 18.6 Å². The van der Waals surface area contributed by atoms with Crippen molar-refractivity contribution in [1.82, 2.24) is 5.32 Å². The first-order chi connectivity index (χ1) is 10.7. The van der Waals surface area contributed by atoms with Gasteiger partial charge in [-0.15, -0.1) is 0 Å². The van der Waals surface area contributed by atoms with Crippen molar-refractivity contribution in [3.05, 3.63) is 51.6 Å². The van der Waals surface area contributed by atoms with Crippen LogP contribution in [0.1, 0.15) is 22.3 Å². The number of hydrogen-bond donors (Lipinski definition) is 2. The molecule has 0 aliphatic heterocycles. The topological polar surface area (TPSA) is 92.5 Å². The van der Waals surface area contributed by atoms with E-state index in [1.807, 2.05) is 0 Å². The van der Waals surface area contributed by atoms with Gasteiger partial charge in [-0.2, -0.15) is 13.2 Å². The summed E-state index contributed by atoms with van der Waals surface area (Å²) in [5.41, 5.74) is -2.50. The quantitative estimate of drug-likeness (QED) is 0.503. The highest BCUT2D eigenvalue weighted by atomic mass is 19.4. The number of aliphatic hydroxyl groups is 1. The van der Waals surface area contributed by atoms with Gasteiger partial charge in [-0.3, -0.25) is 14.9 Å². The zero-order valence-corrected chi connectivity index (χ0v) is 11.7. The van der Waals surface area contributed by atoms with Crippen LogP contribution in [-0.2, 0) is 6.18 Å². The monoisotopic (exact) mass is 330 g/mol. The Balaban J connectivity index is 2.24. The van der Waals surface area contributed by atoms with Gasteiger partial charge in [0.15, 0.2) is 0 Å². The molecule has 124 valence electrons. The molecular formula is C14H13F3N2O4. The second-order valence-electron chi connectivity index (χ2n) is 5.17. The van der Waals surface area contributed by atoms with E-state index >= 15 is 0 Å².